The molecule has 4 nitrogen and oxygen atoms in total. The first-order valence-corrected chi connectivity index (χ1v) is 6.32. The summed E-state index contributed by atoms with van der Waals surface area (Å²) in [7, 11) is 0. The lowest BCUT2D eigenvalue weighted by atomic mass is 10.2. The molecule has 0 fully saturated rings. The van der Waals surface area contributed by atoms with Crippen molar-refractivity contribution in [2.75, 3.05) is 0 Å². The first kappa shape index (κ1) is 12.8. The Morgan fingerprint density at radius 1 is 1.56 bits per heavy atom. The second-order valence-corrected chi connectivity index (χ2v) is 4.60. The van der Waals surface area contributed by atoms with E-state index in [1.165, 1.54) is 0 Å². The molecule has 0 aliphatic carbocycles. The lowest BCUT2D eigenvalue weighted by Gasteiger charge is -2.08. The molecule has 6 heteroatoms. The topological polar surface area (TPSA) is 57.4 Å². The highest BCUT2D eigenvalue weighted by molar-refractivity contribution is 7.71. The fourth-order valence-corrected chi connectivity index (χ4v) is 2.17. The number of rotatable bonds is 3. The first-order valence-electron chi connectivity index (χ1n) is 5.53. The highest BCUT2D eigenvalue weighted by Crippen LogP contribution is 2.23. The van der Waals surface area contributed by atoms with Crippen molar-refractivity contribution in [3.05, 3.63) is 39.4 Å². The van der Waals surface area contributed by atoms with Crippen molar-refractivity contribution in [2.24, 2.45) is 0 Å². The Kier molecular flexibility index (Phi) is 3.80. The number of halogens is 1. The van der Waals surface area contributed by atoms with Crippen molar-refractivity contribution in [1.82, 2.24) is 14.8 Å². The second-order valence-electron chi connectivity index (χ2n) is 3.81. The lowest BCUT2D eigenvalue weighted by Crippen LogP contribution is -2.02. The van der Waals surface area contributed by atoms with Gasteiger partial charge in [-0.1, -0.05) is 18.5 Å². The maximum atomic E-state index is 8.94. The van der Waals surface area contributed by atoms with E-state index >= 15 is 0 Å². The normalized spacial score (nSPS) is 10.3. The Balaban J connectivity index is 2.65. The van der Waals surface area contributed by atoms with Crippen LogP contribution in [0.4, 0.5) is 0 Å². The number of nitrogens with one attached hydrogen (secondary N) is 1. The van der Waals surface area contributed by atoms with Crippen LogP contribution in [0.5, 0.6) is 0 Å². The van der Waals surface area contributed by atoms with Gasteiger partial charge in [0.05, 0.1) is 22.3 Å². The summed E-state index contributed by atoms with van der Waals surface area (Å²) >= 11 is 11.4. The van der Waals surface area contributed by atoms with Gasteiger partial charge >= 0.3 is 0 Å². The van der Waals surface area contributed by atoms with Gasteiger partial charge in [-0.2, -0.15) is 10.4 Å². The van der Waals surface area contributed by atoms with Crippen LogP contribution < -0.4 is 0 Å². The van der Waals surface area contributed by atoms with Gasteiger partial charge in [-0.25, -0.2) is 0 Å². The first-order chi connectivity index (χ1) is 8.67. The van der Waals surface area contributed by atoms with Crippen LogP contribution in [0.15, 0.2) is 18.2 Å². The van der Waals surface area contributed by atoms with E-state index in [1.807, 2.05) is 0 Å². The highest BCUT2D eigenvalue weighted by atomic mass is 35.5. The number of H-pyrrole nitrogens is 1. The number of hydrogen-bond donors (Lipinski definition) is 1. The van der Waals surface area contributed by atoms with E-state index < -0.39 is 0 Å². The molecule has 1 aromatic carbocycles. The average Bonchev–Trinajstić information content (AvgIpc) is 2.72. The Hall–Kier alpha value is -1.64. The molecule has 1 aromatic heterocycles. The largest absolute Gasteiger partial charge is 0.271 e. The molecular weight excluding hydrogens is 268 g/mol. The van der Waals surface area contributed by atoms with Gasteiger partial charge in [0.15, 0.2) is 4.77 Å². The van der Waals surface area contributed by atoms with E-state index in [-0.39, 0.29) is 0 Å². The molecule has 0 saturated carbocycles. The summed E-state index contributed by atoms with van der Waals surface area (Å²) in [5, 5.41) is 16.4. The molecule has 0 aliphatic rings. The third-order valence-electron chi connectivity index (χ3n) is 2.53. The summed E-state index contributed by atoms with van der Waals surface area (Å²) in [5.74, 6) is 0.819. The number of aromatic nitrogens is 3. The van der Waals surface area contributed by atoms with E-state index in [4.69, 9.17) is 29.1 Å². The van der Waals surface area contributed by atoms with Gasteiger partial charge in [-0.3, -0.25) is 9.67 Å². The predicted molar refractivity (Wildman–Crippen MR) is 72.5 cm³/mol. The van der Waals surface area contributed by atoms with Crippen LogP contribution >= 0.6 is 23.8 Å². The van der Waals surface area contributed by atoms with E-state index in [2.05, 4.69) is 23.2 Å². The van der Waals surface area contributed by atoms with Crippen molar-refractivity contribution in [1.29, 1.82) is 5.26 Å². The molecule has 0 aliphatic heterocycles. The van der Waals surface area contributed by atoms with Crippen LogP contribution in [0.25, 0.3) is 5.69 Å². The lowest BCUT2D eigenvalue weighted by molar-refractivity contribution is 0.801. The molecule has 0 atom stereocenters. The van der Waals surface area contributed by atoms with Crippen LogP contribution in [0.1, 0.15) is 24.7 Å². The van der Waals surface area contributed by atoms with E-state index in [0.29, 0.717) is 21.0 Å². The molecule has 0 spiro atoms. The molecule has 0 radical (unpaired) electrons. The standard InChI is InChI=1S/C12H11ClN4S/c1-2-3-11-15-16-12(18)17(11)10-6-8(7-14)4-5-9(10)13/h4-6H,2-3H2,1H3,(H,16,18). The molecule has 0 amide bonds. The highest BCUT2D eigenvalue weighted by Gasteiger charge is 2.11. The minimum atomic E-state index is 0.482. The summed E-state index contributed by atoms with van der Waals surface area (Å²) < 4.78 is 2.26. The third-order valence-corrected chi connectivity index (χ3v) is 3.13. The monoisotopic (exact) mass is 278 g/mol. The molecule has 0 bridgehead atoms. The van der Waals surface area contributed by atoms with Crippen LogP contribution in [0.3, 0.4) is 0 Å². The van der Waals surface area contributed by atoms with Crippen molar-refractivity contribution in [2.45, 2.75) is 19.8 Å². The van der Waals surface area contributed by atoms with Gasteiger partial charge in [0, 0.05) is 6.42 Å². The summed E-state index contributed by atoms with van der Waals surface area (Å²) in [4.78, 5) is 0. The van der Waals surface area contributed by atoms with Gasteiger partial charge < -0.3 is 0 Å². The molecule has 2 rings (SSSR count). The molecule has 1 heterocycles. The summed E-state index contributed by atoms with van der Waals surface area (Å²) in [6.45, 7) is 2.06. The molecule has 0 unspecified atom stereocenters. The van der Waals surface area contributed by atoms with E-state index in [9.17, 15) is 0 Å². The zero-order valence-corrected chi connectivity index (χ0v) is 11.3. The van der Waals surface area contributed by atoms with Gasteiger partial charge in [0.25, 0.3) is 0 Å². The smallest absolute Gasteiger partial charge is 0.199 e. The molecule has 2 aromatic rings. The number of aryl methyl sites for hydroxylation is 1. The van der Waals surface area contributed by atoms with Crippen LogP contribution in [0, 0.1) is 16.1 Å². The Labute approximate surface area is 115 Å². The molecule has 92 valence electrons. The maximum Gasteiger partial charge on any atom is 0.199 e. The van der Waals surface area contributed by atoms with Gasteiger partial charge in [-0.05, 0) is 36.8 Å². The van der Waals surface area contributed by atoms with Crippen molar-refractivity contribution in [3.63, 3.8) is 0 Å². The Bertz CT molecular complexity index is 665. The van der Waals surface area contributed by atoms with Crippen molar-refractivity contribution >= 4 is 23.8 Å². The number of hydrogen-bond acceptors (Lipinski definition) is 3. The third kappa shape index (κ3) is 2.30. The molecule has 18 heavy (non-hydrogen) atoms. The minimum absolute atomic E-state index is 0.482. The zero-order valence-electron chi connectivity index (χ0n) is 9.77. The molecule has 0 saturated heterocycles. The number of nitrogens with zero attached hydrogens (tertiary/aromatic N) is 3. The SMILES string of the molecule is CCCc1n[nH]c(=S)n1-c1cc(C#N)ccc1Cl. The number of aromatic amines is 1. The van der Waals surface area contributed by atoms with E-state index in [1.54, 1.807) is 22.8 Å². The van der Waals surface area contributed by atoms with Gasteiger partial charge in [0.2, 0.25) is 0 Å². The zero-order chi connectivity index (χ0) is 13.1. The average molecular weight is 279 g/mol. The minimum Gasteiger partial charge on any atom is -0.271 e. The van der Waals surface area contributed by atoms with Gasteiger partial charge in [-0.15, -0.1) is 0 Å². The van der Waals surface area contributed by atoms with Gasteiger partial charge in [0.1, 0.15) is 5.82 Å². The van der Waals surface area contributed by atoms with Crippen LogP contribution in [0.2, 0.25) is 5.02 Å². The quantitative estimate of drug-likeness (QED) is 0.876. The van der Waals surface area contributed by atoms with E-state index in [0.717, 1.165) is 18.7 Å². The predicted octanol–water partition coefficient (Wildman–Crippen LogP) is 3.41. The summed E-state index contributed by atoms with van der Waals surface area (Å²) in [5.41, 5.74) is 1.23. The molecule has 1 N–H and O–H groups in total. The van der Waals surface area contributed by atoms with Crippen LogP contribution in [-0.2, 0) is 6.42 Å². The van der Waals surface area contributed by atoms with Crippen LogP contribution in [-0.4, -0.2) is 14.8 Å². The summed E-state index contributed by atoms with van der Waals surface area (Å²) in [6, 6.07) is 7.18. The Morgan fingerprint density at radius 2 is 2.33 bits per heavy atom. The van der Waals surface area contributed by atoms with Crippen molar-refractivity contribution in [3.8, 4) is 11.8 Å². The van der Waals surface area contributed by atoms with Crippen molar-refractivity contribution < 1.29 is 0 Å². The number of nitriles is 1. The fourth-order valence-electron chi connectivity index (χ4n) is 1.72. The number of benzene rings is 1. The molecular formula is C12H11ClN4S. The fraction of sp³-hybridized carbons (Fsp3) is 0.250. The summed E-state index contributed by atoms with van der Waals surface area (Å²) in [6.07, 6.45) is 1.75. The Morgan fingerprint density at radius 3 is 3.00 bits per heavy atom. The maximum absolute atomic E-state index is 8.94. The second kappa shape index (κ2) is 5.34.